The maximum atomic E-state index is 9.41. The molecule has 6 nitrogen and oxygen atoms in total. The van der Waals surface area contributed by atoms with Crippen molar-refractivity contribution >= 4 is 12.0 Å². The molecule has 0 fully saturated rings. The first-order valence-electron chi connectivity index (χ1n) is 8.05. The summed E-state index contributed by atoms with van der Waals surface area (Å²) in [6.45, 7) is 2.19. The van der Waals surface area contributed by atoms with Gasteiger partial charge in [-0.2, -0.15) is 10.4 Å². The molecule has 130 valence electrons. The molecule has 1 aromatic carbocycles. The molecule has 0 aliphatic heterocycles. The van der Waals surface area contributed by atoms with E-state index in [0.29, 0.717) is 23.7 Å². The van der Waals surface area contributed by atoms with E-state index in [-0.39, 0.29) is 0 Å². The Morgan fingerprint density at radius 2 is 2.08 bits per heavy atom. The predicted molar refractivity (Wildman–Crippen MR) is 99.8 cm³/mol. The second-order valence-electron chi connectivity index (χ2n) is 5.63. The number of hydrogen-bond donors (Lipinski definition) is 1. The SMILES string of the molecule is COCc1cc(C)nc(N/N=C\c2ccc(-c3ccccc3)o2)c1C#N. The number of hydrogen-bond acceptors (Lipinski definition) is 6. The molecule has 0 radical (unpaired) electrons. The molecule has 2 aromatic heterocycles. The molecule has 1 N–H and O–H groups in total. The smallest absolute Gasteiger partial charge is 0.164 e. The molecule has 0 bridgehead atoms. The number of nitrogens with one attached hydrogen (secondary N) is 1. The third-order valence-electron chi connectivity index (χ3n) is 3.69. The Hall–Kier alpha value is -3.43. The number of aryl methyl sites for hydroxylation is 1. The van der Waals surface area contributed by atoms with Crippen molar-refractivity contribution in [1.82, 2.24) is 4.98 Å². The number of aromatic nitrogens is 1. The van der Waals surface area contributed by atoms with Gasteiger partial charge in [0.05, 0.1) is 12.8 Å². The fourth-order valence-electron chi connectivity index (χ4n) is 2.55. The number of rotatable bonds is 6. The van der Waals surface area contributed by atoms with Crippen LogP contribution in [0.2, 0.25) is 0 Å². The van der Waals surface area contributed by atoms with Gasteiger partial charge in [-0.3, -0.25) is 5.43 Å². The number of nitrogens with zero attached hydrogens (tertiary/aromatic N) is 3. The van der Waals surface area contributed by atoms with E-state index in [9.17, 15) is 5.26 Å². The maximum absolute atomic E-state index is 9.41. The fraction of sp³-hybridized carbons (Fsp3) is 0.150. The second-order valence-corrected chi connectivity index (χ2v) is 5.63. The highest BCUT2D eigenvalue weighted by Gasteiger charge is 2.11. The quantitative estimate of drug-likeness (QED) is 0.536. The van der Waals surface area contributed by atoms with Crippen molar-refractivity contribution in [3.63, 3.8) is 0 Å². The lowest BCUT2D eigenvalue weighted by Crippen LogP contribution is -2.03. The van der Waals surface area contributed by atoms with E-state index in [4.69, 9.17) is 9.15 Å². The van der Waals surface area contributed by atoms with Crippen molar-refractivity contribution in [3.8, 4) is 17.4 Å². The summed E-state index contributed by atoms with van der Waals surface area (Å²) in [6, 6.07) is 17.5. The van der Waals surface area contributed by atoms with Gasteiger partial charge in [-0.05, 0) is 25.1 Å². The lowest BCUT2D eigenvalue weighted by molar-refractivity contribution is 0.184. The normalized spacial score (nSPS) is 10.8. The van der Waals surface area contributed by atoms with E-state index in [1.165, 1.54) is 0 Å². The number of ether oxygens (including phenoxy) is 1. The summed E-state index contributed by atoms with van der Waals surface area (Å²) in [7, 11) is 1.59. The number of hydrazone groups is 1. The van der Waals surface area contributed by atoms with Gasteiger partial charge in [-0.15, -0.1) is 0 Å². The van der Waals surface area contributed by atoms with Crippen molar-refractivity contribution in [1.29, 1.82) is 5.26 Å². The van der Waals surface area contributed by atoms with Crippen molar-refractivity contribution in [2.75, 3.05) is 12.5 Å². The second kappa shape index (κ2) is 8.10. The summed E-state index contributed by atoms with van der Waals surface area (Å²) in [4.78, 5) is 4.34. The van der Waals surface area contributed by atoms with Crippen LogP contribution in [0, 0.1) is 18.3 Å². The molecule has 3 rings (SSSR count). The van der Waals surface area contributed by atoms with Gasteiger partial charge in [0.15, 0.2) is 5.82 Å². The van der Waals surface area contributed by atoms with Crippen molar-refractivity contribution < 1.29 is 9.15 Å². The Morgan fingerprint density at radius 1 is 1.27 bits per heavy atom. The van der Waals surface area contributed by atoms with Crippen LogP contribution in [0.3, 0.4) is 0 Å². The van der Waals surface area contributed by atoms with Gasteiger partial charge in [-0.25, -0.2) is 4.98 Å². The zero-order valence-electron chi connectivity index (χ0n) is 14.6. The van der Waals surface area contributed by atoms with Crippen molar-refractivity contribution in [2.24, 2.45) is 5.10 Å². The number of methoxy groups -OCH3 is 1. The summed E-state index contributed by atoms with van der Waals surface area (Å²) < 4.78 is 10.9. The third-order valence-corrected chi connectivity index (χ3v) is 3.69. The van der Waals surface area contributed by atoms with E-state index < -0.39 is 0 Å². The fourth-order valence-corrected chi connectivity index (χ4v) is 2.55. The standard InChI is InChI=1S/C20H18N4O2/c1-14-10-16(13-25-2)18(11-21)20(23-14)24-22-12-17-8-9-19(26-17)15-6-4-3-5-7-15/h3-10,12H,13H2,1-2H3,(H,23,24)/b22-12-. The molecule has 0 saturated heterocycles. The Bertz CT molecular complexity index is 956. The van der Waals surface area contributed by atoms with E-state index in [1.54, 1.807) is 13.3 Å². The maximum Gasteiger partial charge on any atom is 0.164 e. The third kappa shape index (κ3) is 3.97. The molecule has 0 unspecified atom stereocenters. The van der Waals surface area contributed by atoms with Crippen LogP contribution in [0.15, 0.2) is 58.0 Å². The molecule has 0 spiro atoms. The van der Waals surface area contributed by atoms with E-state index in [0.717, 1.165) is 22.6 Å². The number of anilines is 1. The number of benzene rings is 1. The summed E-state index contributed by atoms with van der Waals surface area (Å²) in [5.41, 5.74) is 5.78. The van der Waals surface area contributed by atoms with Crippen LogP contribution in [0.5, 0.6) is 0 Å². The van der Waals surface area contributed by atoms with Crippen LogP contribution >= 0.6 is 0 Å². The highest BCUT2D eigenvalue weighted by molar-refractivity contribution is 5.78. The van der Waals surface area contributed by atoms with Crippen LogP contribution < -0.4 is 5.43 Å². The summed E-state index contributed by atoms with van der Waals surface area (Å²) >= 11 is 0. The van der Waals surface area contributed by atoms with E-state index in [2.05, 4.69) is 21.6 Å². The van der Waals surface area contributed by atoms with Crippen LogP contribution in [0.4, 0.5) is 5.82 Å². The first-order chi connectivity index (χ1) is 12.7. The zero-order valence-corrected chi connectivity index (χ0v) is 14.6. The monoisotopic (exact) mass is 346 g/mol. The minimum atomic E-state index is 0.337. The molecule has 0 aliphatic carbocycles. The van der Waals surface area contributed by atoms with Crippen molar-refractivity contribution in [2.45, 2.75) is 13.5 Å². The summed E-state index contributed by atoms with van der Waals surface area (Å²) in [6.07, 6.45) is 1.55. The van der Waals surface area contributed by atoms with Gasteiger partial charge in [-0.1, -0.05) is 30.3 Å². The molecule has 6 heteroatoms. The molecular weight excluding hydrogens is 328 g/mol. The van der Waals surface area contributed by atoms with Crippen molar-refractivity contribution in [3.05, 3.63) is 71.1 Å². The van der Waals surface area contributed by atoms with E-state index in [1.807, 2.05) is 55.5 Å². The minimum Gasteiger partial charge on any atom is -0.455 e. The Labute approximate surface area is 151 Å². The molecule has 0 saturated carbocycles. The molecule has 0 amide bonds. The molecule has 26 heavy (non-hydrogen) atoms. The Kier molecular flexibility index (Phi) is 5.42. The average Bonchev–Trinajstić information content (AvgIpc) is 3.11. The molecule has 3 aromatic rings. The van der Waals surface area contributed by atoms with Crippen LogP contribution in [0.1, 0.15) is 22.6 Å². The van der Waals surface area contributed by atoms with Crippen LogP contribution in [-0.4, -0.2) is 18.3 Å². The first kappa shape index (κ1) is 17.4. The van der Waals surface area contributed by atoms with E-state index >= 15 is 0 Å². The molecule has 0 atom stereocenters. The Balaban J connectivity index is 1.77. The van der Waals surface area contributed by atoms with Gasteiger partial charge in [0.2, 0.25) is 0 Å². The van der Waals surface area contributed by atoms with Gasteiger partial charge < -0.3 is 9.15 Å². The summed E-state index contributed by atoms with van der Waals surface area (Å²) in [5, 5.41) is 13.6. The zero-order chi connectivity index (χ0) is 18.4. The topological polar surface area (TPSA) is 83.4 Å². The highest BCUT2D eigenvalue weighted by atomic mass is 16.5. The molecule has 2 heterocycles. The predicted octanol–water partition coefficient (Wildman–Crippen LogP) is 4.11. The van der Waals surface area contributed by atoms with Crippen LogP contribution in [0.25, 0.3) is 11.3 Å². The molecule has 0 aliphatic rings. The highest BCUT2D eigenvalue weighted by Crippen LogP contribution is 2.21. The number of nitriles is 1. The Morgan fingerprint density at radius 3 is 2.81 bits per heavy atom. The lowest BCUT2D eigenvalue weighted by atomic mass is 10.1. The lowest BCUT2D eigenvalue weighted by Gasteiger charge is -2.08. The van der Waals surface area contributed by atoms with Gasteiger partial charge in [0, 0.05) is 23.9 Å². The minimum absolute atomic E-state index is 0.337. The van der Waals surface area contributed by atoms with Gasteiger partial charge in [0.1, 0.15) is 23.2 Å². The first-order valence-corrected chi connectivity index (χ1v) is 8.05. The largest absolute Gasteiger partial charge is 0.455 e. The average molecular weight is 346 g/mol. The number of furan rings is 1. The summed E-state index contributed by atoms with van der Waals surface area (Å²) in [5.74, 6) is 1.76. The van der Waals surface area contributed by atoms with Crippen LogP contribution in [-0.2, 0) is 11.3 Å². The van der Waals surface area contributed by atoms with Gasteiger partial charge in [0.25, 0.3) is 0 Å². The number of pyridine rings is 1. The molecular formula is C20H18N4O2. The van der Waals surface area contributed by atoms with Gasteiger partial charge >= 0.3 is 0 Å².